The highest BCUT2D eigenvalue weighted by atomic mass is 16.3. The van der Waals surface area contributed by atoms with E-state index in [4.69, 9.17) is 0 Å². The Balaban J connectivity index is 1.91. The molecule has 3 rings (SSSR count). The fraction of sp³-hybridized carbons (Fsp3) is 0.250. The summed E-state index contributed by atoms with van der Waals surface area (Å²) in [6.45, 7) is 5.98. The smallest absolute Gasteiger partial charge is 0.331 e. The quantitative estimate of drug-likeness (QED) is 0.442. The second-order valence-electron chi connectivity index (χ2n) is 6.15. The zero-order valence-electron chi connectivity index (χ0n) is 15.2. The molecule has 2 heterocycles. The molecule has 0 spiro atoms. The molecule has 3 N–H and O–H groups in total. The first kappa shape index (κ1) is 18.4. The normalized spacial score (nSPS) is 11.8. The molecule has 0 saturated carbocycles. The summed E-state index contributed by atoms with van der Waals surface area (Å²) in [5, 5.41) is 11.6. The number of rotatable bonds is 7. The molecule has 0 amide bonds. The molecule has 0 aliphatic rings. The average molecular weight is 366 g/mol. The summed E-state index contributed by atoms with van der Waals surface area (Å²) in [6, 6.07) is 8.03. The van der Waals surface area contributed by atoms with Gasteiger partial charge in [0.2, 0.25) is 5.88 Å². The molecule has 0 saturated heterocycles. The predicted molar refractivity (Wildman–Crippen MR) is 107 cm³/mol. The minimum atomic E-state index is -0.671. The van der Waals surface area contributed by atoms with Crippen LogP contribution in [-0.4, -0.2) is 31.9 Å². The van der Waals surface area contributed by atoms with Gasteiger partial charge in [-0.25, -0.2) is 4.79 Å². The molecule has 0 unspecified atom stereocenters. The summed E-state index contributed by atoms with van der Waals surface area (Å²) in [4.78, 5) is 34.1. The van der Waals surface area contributed by atoms with Gasteiger partial charge in [-0.3, -0.25) is 19.3 Å². The molecule has 0 bridgehead atoms. The summed E-state index contributed by atoms with van der Waals surface area (Å²) in [5.41, 5.74) is 1.41. The minimum absolute atomic E-state index is 0.0397. The van der Waals surface area contributed by atoms with Gasteiger partial charge in [0.15, 0.2) is 0 Å². The monoisotopic (exact) mass is 366 g/mol. The third-order valence-corrected chi connectivity index (χ3v) is 4.47. The Kier molecular flexibility index (Phi) is 5.40. The highest BCUT2D eigenvalue weighted by molar-refractivity contribution is 6.01. The SMILES string of the molecule is C=CCn1c(O)c(C(CC)=NCCc2c[nH]c3ccccc23)c(=O)[nH]c1=O. The van der Waals surface area contributed by atoms with Gasteiger partial charge in [0.05, 0.1) is 5.71 Å². The Morgan fingerprint density at radius 1 is 1.33 bits per heavy atom. The third-order valence-electron chi connectivity index (χ3n) is 4.47. The second-order valence-corrected chi connectivity index (χ2v) is 6.15. The van der Waals surface area contributed by atoms with Crippen LogP contribution in [0.25, 0.3) is 10.9 Å². The lowest BCUT2D eigenvalue weighted by atomic mass is 10.1. The van der Waals surface area contributed by atoms with Crippen LogP contribution in [0.1, 0.15) is 24.5 Å². The van der Waals surface area contributed by atoms with E-state index in [2.05, 4.69) is 21.5 Å². The topological polar surface area (TPSA) is 103 Å². The van der Waals surface area contributed by atoms with Gasteiger partial charge >= 0.3 is 5.69 Å². The number of fused-ring (bicyclic) bond motifs is 1. The van der Waals surface area contributed by atoms with Crippen LogP contribution in [0, 0.1) is 0 Å². The van der Waals surface area contributed by atoms with Crippen molar-refractivity contribution in [2.24, 2.45) is 4.99 Å². The van der Waals surface area contributed by atoms with E-state index in [9.17, 15) is 14.7 Å². The molecule has 0 aliphatic carbocycles. The Morgan fingerprint density at radius 2 is 2.11 bits per heavy atom. The predicted octanol–water partition coefficient (Wildman–Crippen LogP) is 2.35. The number of aliphatic imine (C=N–C) groups is 1. The lowest BCUT2D eigenvalue weighted by molar-refractivity contribution is 0.409. The molecule has 0 atom stereocenters. The molecule has 7 heteroatoms. The molecule has 7 nitrogen and oxygen atoms in total. The lowest BCUT2D eigenvalue weighted by Crippen LogP contribution is -2.33. The van der Waals surface area contributed by atoms with Gasteiger partial charge in [-0.05, 0) is 24.5 Å². The van der Waals surface area contributed by atoms with Crippen molar-refractivity contribution in [3.8, 4) is 5.88 Å². The fourth-order valence-electron chi connectivity index (χ4n) is 3.14. The molecule has 27 heavy (non-hydrogen) atoms. The first-order chi connectivity index (χ1) is 13.1. The van der Waals surface area contributed by atoms with E-state index >= 15 is 0 Å². The number of allylic oxidation sites excluding steroid dienone is 1. The fourth-order valence-corrected chi connectivity index (χ4v) is 3.14. The van der Waals surface area contributed by atoms with E-state index in [0.29, 0.717) is 25.1 Å². The number of benzene rings is 1. The number of H-pyrrole nitrogens is 2. The zero-order valence-corrected chi connectivity index (χ0v) is 15.2. The average Bonchev–Trinajstić information content (AvgIpc) is 3.07. The summed E-state index contributed by atoms with van der Waals surface area (Å²) >= 11 is 0. The molecule has 2 aromatic heterocycles. The third kappa shape index (κ3) is 3.62. The maximum absolute atomic E-state index is 12.2. The van der Waals surface area contributed by atoms with Gasteiger partial charge < -0.3 is 10.1 Å². The first-order valence-corrected chi connectivity index (χ1v) is 8.82. The van der Waals surface area contributed by atoms with Crippen molar-refractivity contribution in [2.45, 2.75) is 26.3 Å². The van der Waals surface area contributed by atoms with E-state index in [-0.39, 0.29) is 18.0 Å². The van der Waals surface area contributed by atoms with Crippen molar-refractivity contribution in [1.29, 1.82) is 0 Å². The lowest BCUT2D eigenvalue weighted by Gasteiger charge is -2.11. The molecular weight excluding hydrogens is 344 g/mol. The van der Waals surface area contributed by atoms with Crippen molar-refractivity contribution in [3.63, 3.8) is 0 Å². The Morgan fingerprint density at radius 3 is 2.85 bits per heavy atom. The number of aromatic amines is 2. The number of nitrogens with zero attached hydrogens (tertiary/aromatic N) is 2. The van der Waals surface area contributed by atoms with Gasteiger partial charge in [0.1, 0.15) is 5.56 Å². The van der Waals surface area contributed by atoms with Gasteiger partial charge in [0.25, 0.3) is 5.56 Å². The Bertz CT molecular complexity index is 1120. The second kappa shape index (κ2) is 7.90. The maximum Gasteiger partial charge on any atom is 0.331 e. The van der Waals surface area contributed by atoms with E-state index in [1.54, 1.807) is 0 Å². The molecule has 0 fully saturated rings. The van der Waals surface area contributed by atoms with Crippen molar-refractivity contribution in [3.05, 3.63) is 75.1 Å². The van der Waals surface area contributed by atoms with Crippen LogP contribution >= 0.6 is 0 Å². The molecular formula is C20H22N4O3. The van der Waals surface area contributed by atoms with E-state index < -0.39 is 11.2 Å². The molecule has 1 aromatic carbocycles. The van der Waals surface area contributed by atoms with Crippen molar-refractivity contribution >= 4 is 16.6 Å². The Hall–Kier alpha value is -3.35. The van der Waals surface area contributed by atoms with Gasteiger partial charge in [-0.15, -0.1) is 6.58 Å². The number of aromatic nitrogens is 3. The zero-order chi connectivity index (χ0) is 19.4. The molecule has 3 aromatic rings. The van der Waals surface area contributed by atoms with Crippen LogP contribution in [0.3, 0.4) is 0 Å². The minimum Gasteiger partial charge on any atom is -0.494 e. The summed E-state index contributed by atoms with van der Waals surface area (Å²) in [5.74, 6) is -0.378. The molecule has 0 aliphatic heterocycles. The van der Waals surface area contributed by atoms with E-state index in [1.807, 2.05) is 37.4 Å². The van der Waals surface area contributed by atoms with Crippen molar-refractivity contribution in [1.82, 2.24) is 14.5 Å². The number of nitrogens with one attached hydrogen (secondary N) is 2. The molecule has 0 radical (unpaired) electrons. The van der Waals surface area contributed by atoms with Crippen LogP contribution in [0.15, 0.2) is 57.7 Å². The highest BCUT2D eigenvalue weighted by Crippen LogP contribution is 2.18. The first-order valence-electron chi connectivity index (χ1n) is 8.82. The highest BCUT2D eigenvalue weighted by Gasteiger charge is 2.17. The van der Waals surface area contributed by atoms with Gasteiger partial charge in [0, 0.05) is 30.2 Å². The van der Waals surface area contributed by atoms with Crippen molar-refractivity contribution in [2.75, 3.05) is 6.54 Å². The van der Waals surface area contributed by atoms with E-state index in [0.717, 1.165) is 21.0 Å². The van der Waals surface area contributed by atoms with Crippen LogP contribution < -0.4 is 11.2 Å². The summed E-state index contributed by atoms with van der Waals surface area (Å²) < 4.78 is 1.06. The number of aromatic hydroxyl groups is 1. The largest absolute Gasteiger partial charge is 0.494 e. The summed E-state index contributed by atoms with van der Waals surface area (Å²) in [6.07, 6.45) is 4.58. The van der Waals surface area contributed by atoms with Gasteiger partial charge in [-0.1, -0.05) is 31.2 Å². The number of hydrogen-bond acceptors (Lipinski definition) is 4. The van der Waals surface area contributed by atoms with E-state index in [1.165, 1.54) is 6.08 Å². The summed E-state index contributed by atoms with van der Waals surface area (Å²) in [7, 11) is 0. The number of para-hydroxylation sites is 1. The van der Waals surface area contributed by atoms with Crippen LogP contribution in [-0.2, 0) is 13.0 Å². The van der Waals surface area contributed by atoms with Crippen LogP contribution in [0.2, 0.25) is 0 Å². The Labute approximate surface area is 155 Å². The van der Waals surface area contributed by atoms with Crippen LogP contribution in [0.5, 0.6) is 5.88 Å². The number of hydrogen-bond donors (Lipinski definition) is 3. The maximum atomic E-state index is 12.2. The van der Waals surface area contributed by atoms with Crippen LogP contribution in [0.4, 0.5) is 0 Å². The standard InChI is InChI=1S/C20H22N4O3/c1-3-11-24-19(26)17(18(25)23-20(24)27)15(4-2)21-10-9-13-12-22-16-8-6-5-7-14(13)16/h3,5-8,12,22,26H,1,4,9-11H2,2H3,(H,23,25,27). The molecule has 140 valence electrons. The van der Waals surface area contributed by atoms with Crippen molar-refractivity contribution < 1.29 is 5.11 Å². The van der Waals surface area contributed by atoms with Gasteiger partial charge in [-0.2, -0.15) is 0 Å².